The number of amides is 1. The Morgan fingerprint density at radius 3 is 2.64 bits per heavy atom. The summed E-state index contributed by atoms with van der Waals surface area (Å²) in [5.74, 6) is 1.65. The number of aromatic nitrogens is 2. The predicted molar refractivity (Wildman–Crippen MR) is 103 cm³/mol. The number of aromatic amines is 1. The second kappa shape index (κ2) is 7.59. The van der Waals surface area contributed by atoms with Gasteiger partial charge in [-0.3, -0.25) is 4.79 Å². The van der Waals surface area contributed by atoms with Gasteiger partial charge in [0.15, 0.2) is 0 Å². The van der Waals surface area contributed by atoms with E-state index in [1.54, 1.807) is 0 Å². The van der Waals surface area contributed by atoms with Gasteiger partial charge in [0.2, 0.25) is 0 Å². The lowest BCUT2D eigenvalue weighted by atomic mass is 9.90. The van der Waals surface area contributed by atoms with Crippen molar-refractivity contribution < 1.29 is 4.79 Å². The van der Waals surface area contributed by atoms with Gasteiger partial charge in [-0.1, -0.05) is 46.5 Å². The molecular formula is C21H31N3O. The predicted octanol–water partition coefficient (Wildman–Crippen LogP) is 4.95. The van der Waals surface area contributed by atoms with Gasteiger partial charge in [0, 0.05) is 17.5 Å². The van der Waals surface area contributed by atoms with E-state index in [2.05, 4.69) is 31.1 Å². The molecule has 0 atom stereocenters. The highest BCUT2D eigenvalue weighted by molar-refractivity contribution is 5.97. The molecule has 1 aliphatic rings. The largest absolute Gasteiger partial charge is 0.352 e. The fourth-order valence-corrected chi connectivity index (χ4v) is 3.55. The van der Waals surface area contributed by atoms with Crippen molar-refractivity contribution in [3.05, 3.63) is 29.6 Å². The summed E-state index contributed by atoms with van der Waals surface area (Å²) in [6, 6.07) is 5.76. The molecule has 1 aromatic carbocycles. The molecule has 25 heavy (non-hydrogen) atoms. The topological polar surface area (TPSA) is 57.8 Å². The molecule has 0 spiro atoms. The Morgan fingerprint density at radius 1 is 1.24 bits per heavy atom. The molecule has 4 nitrogen and oxygen atoms in total. The van der Waals surface area contributed by atoms with E-state index in [0.29, 0.717) is 11.5 Å². The fourth-order valence-electron chi connectivity index (χ4n) is 3.55. The number of fused-ring (bicyclic) bond motifs is 1. The summed E-state index contributed by atoms with van der Waals surface area (Å²) < 4.78 is 0. The van der Waals surface area contributed by atoms with Crippen LogP contribution in [0.15, 0.2) is 18.2 Å². The molecule has 0 saturated heterocycles. The lowest BCUT2D eigenvalue weighted by Crippen LogP contribution is -2.29. The molecule has 1 heterocycles. The Morgan fingerprint density at radius 2 is 1.96 bits per heavy atom. The van der Waals surface area contributed by atoms with Crippen molar-refractivity contribution in [2.24, 2.45) is 5.92 Å². The molecule has 1 aliphatic carbocycles. The molecule has 1 saturated carbocycles. The number of H-pyrrole nitrogens is 1. The minimum atomic E-state index is 0.0148. The van der Waals surface area contributed by atoms with Gasteiger partial charge in [-0.15, -0.1) is 0 Å². The van der Waals surface area contributed by atoms with Gasteiger partial charge in [0.25, 0.3) is 5.91 Å². The van der Waals surface area contributed by atoms with Crippen molar-refractivity contribution in [3.8, 4) is 0 Å². The number of rotatable bonds is 5. The van der Waals surface area contributed by atoms with E-state index in [4.69, 9.17) is 4.98 Å². The van der Waals surface area contributed by atoms with Gasteiger partial charge >= 0.3 is 0 Å². The molecule has 3 rings (SSSR count). The molecule has 0 aliphatic heterocycles. The van der Waals surface area contributed by atoms with E-state index in [-0.39, 0.29) is 11.3 Å². The van der Waals surface area contributed by atoms with Crippen LogP contribution in [0, 0.1) is 5.92 Å². The molecule has 2 N–H and O–H groups in total. The van der Waals surface area contributed by atoms with Gasteiger partial charge in [-0.2, -0.15) is 0 Å². The van der Waals surface area contributed by atoms with Crippen molar-refractivity contribution in [2.75, 3.05) is 6.54 Å². The van der Waals surface area contributed by atoms with Crippen LogP contribution in [0.1, 0.15) is 81.9 Å². The third kappa shape index (κ3) is 4.23. The fraction of sp³-hybridized carbons (Fsp3) is 0.619. The van der Waals surface area contributed by atoms with E-state index < -0.39 is 0 Å². The van der Waals surface area contributed by atoms with Crippen LogP contribution in [-0.2, 0) is 5.41 Å². The number of benzene rings is 1. The van der Waals surface area contributed by atoms with Crippen LogP contribution in [-0.4, -0.2) is 22.4 Å². The van der Waals surface area contributed by atoms with E-state index in [1.165, 1.54) is 38.5 Å². The Bertz CT molecular complexity index is 724. The molecule has 0 radical (unpaired) electrons. The Balaban J connectivity index is 1.69. The molecule has 1 amide bonds. The van der Waals surface area contributed by atoms with Crippen molar-refractivity contribution >= 4 is 16.9 Å². The summed E-state index contributed by atoms with van der Waals surface area (Å²) in [7, 11) is 0. The highest BCUT2D eigenvalue weighted by Gasteiger charge is 2.22. The maximum Gasteiger partial charge on any atom is 0.251 e. The van der Waals surface area contributed by atoms with Gasteiger partial charge in [-0.25, -0.2) is 4.98 Å². The lowest BCUT2D eigenvalue weighted by Gasteiger charge is -2.18. The van der Waals surface area contributed by atoms with E-state index >= 15 is 0 Å². The quantitative estimate of drug-likeness (QED) is 0.756. The van der Waals surface area contributed by atoms with Crippen molar-refractivity contribution in [1.29, 1.82) is 0 Å². The number of hydrogen-bond donors (Lipinski definition) is 2. The third-order valence-electron chi connectivity index (χ3n) is 5.80. The first-order valence-corrected chi connectivity index (χ1v) is 9.78. The Hall–Kier alpha value is -1.84. The second-order valence-corrected chi connectivity index (χ2v) is 8.12. The van der Waals surface area contributed by atoms with E-state index in [0.717, 1.165) is 29.8 Å². The molecule has 0 bridgehead atoms. The molecular weight excluding hydrogens is 310 g/mol. The van der Waals surface area contributed by atoms with Crippen molar-refractivity contribution in [2.45, 2.75) is 71.1 Å². The van der Waals surface area contributed by atoms with Crippen LogP contribution in [0.4, 0.5) is 0 Å². The first kappa shape index (κ1) is 18.0. The third-order valence-corrected chi connectivity index (χ3v) is 5.80. The van der Waals surface area contributed by atoms with E-state index in [9.17, 15) is 4.79 Å². The standard InChI is InChI=1S/C21H31N3O/c1-4-21(2,3)20-23-17-12-11-16(13-18(17)24-20)19(25)22-14-15-9-7-5-6-8-10-15/h11-13,15H,4-10,14H2,1-3H3,(H,22,25)(H,23,24). The lowest BCUT2D eigenvalue weighted by molar-refractivity contribution is 0.0946. The van der Waals surface area contributed by atoms with Crippen LogP contribution in [0.3, 0.4) is 0 Å². The maximum absolute atomic E-state index is 12.5. The minimum absolute atomic E-state index is 0.0148. The molecule has 2 aromatic rings. The highest BCUT2D eigenvalue weighted by Crippen LogP contribution is 2.27. The molecule has 0 unspecified atom stereocenters. The summed E-state index contributed by atoms with van der Waals surface area (Å²) in [5, 5.41) is 3.14. The first-order chi connectivity index (χ1) is 12.0. The van der Waals surface area contributed by atoms with Crippen LogP contribution in [0.5, 0.6) is 0 Å². The van der Waals surface area contributed by atoms with Crippen LogP contribution in [0.2, 0.25) is 0 Å². The SMILES string of the molecule is CCC(C)(C)c1nc2ccc(C(=O)NCC3CCCCCC3)cc2[nH]1. The molecule has 4 heteroatoms. The zero-order valence-corrected chi connectivity index (χ0v) is 15.8. The van der Waals surface area contributed by atoms with Gasteiger partial charge in [0.05, 0.1) is 11.0 Å². The zero-order valence-electron chi connectivity index (χ0n) is 15.8. The summed E-state index contributed by atoms with van der Waals surface area (Å²) in [6.45, 7) is 7.34. The summed E-state index contributed by atoms with van der Waals surface area (Å²) >= 11 is 0. The zero-order chi connectivity index (χ0) is 17.9. The average Bonchev–Trinajstić information content (AvgIpc) is 2.88. The van der Waals surface area contributed by atoms with Gasteiger partial charge in [-0.05, 0) is 43.4 Å². The van der Waals surface area contributed by atoms with Crippen molar-refractivity contribution in [3.63, 3.8) is 0 Å². The number of carbonyl (C=O) groups is 1. The second-order valence-electron chi connectivity index (χ2n) is 8.12. The van der Waals surface area contributed by atoms with E-state index in [1.807, 2.05) is 18.2 Å². The summed E-state index contributed by atoms with van der Waals surface area (Å²) in [5.41, 5.74) is 2.60. The summed E-state index contributed by atoms with van der Waals surface area (Å²) in [6.07, 6.45) is 8.80. The number of carbonyl (C=O) groups excluding carboxylic acids is 1. The Kier molecular flexibility index (Phi) is 5.45. The smallest absolute Gasteiger partial charge is 0.251 e. The van der Waals surface area contributed by atoms with Crippen LogP contribution in [0.25, 0.3) is 11.0 Å². The number of imidazole rings is 1. The summed E-state index contributed by atoms with van der Waals surface area (Å²) in [4.78, 5) is 20.6. The van der Waals surface area contributed by atoms with Crippen LogP contribution < -0.4 is 5.32 Å². The minimum Gasteiger partial charge on any atom is -0.352 e. The first-order valence-electron chi connectivity index (χ1n) is 9.78. The Labute approximate surface area is 150 Å². The molecule has 1 aromatic heterocycles. The highest BCUT2D eigenvalue weighted by atomic mass is 16.1. The molecule has 1 fully saturated rings. The van der Waals surface area contributed by atoms with Gasteiger partial charge in [0.1, 0.15) is 5.82 Å². The maximum atomic E-state index is 12.5. The normalized spacial score (nSPS) is 16.8. The molecule has 136 valence electrons. The van der Waals surface area contributed by atoms with Crippen LogP contribution >= 0.6 is 0 Å². The monoisotopic (exact) mass is 341 g/mol. The number of nitrogens with one attached hydrogen (secondary N) is 2. The van der Waals surface area contributed by atoms with Gasteiger partial charge < -0.3 is 10.3 Å². The number of nitrogens with zero attached hydrogens (tertiary/aromatic N) is 1. The van der Waals surface area contributed by atoms with Crippen molar-refractivity contribution in [1.82, 2.24) is 15.3 Å². The number of hydrogen-bond acceptors (Lipinski definition) is 2. The average molecular weight is 341 g/mol.